The van der Waals surface area contributed by atoms with Gasteiger partial charge in [-0.2, -0.15) is 5.21 Å². The van der Waals surface area contributed by atoms with Crippen LogP contribution in [0.3, 0.4) is 0 Å². The molecule has 7 nitrogen and oxygen atoms in total. The van der Waals surface area contributed by atoms with Gasteiger partial charge < -0.3 is 4.74 Å². The molecule has 1 N–H and O–H groups in total. The Morgan fingerprint density at radius 2 is 1.91 bits per heavy atom. The van der Waals surface area contributed by atoms with Gasteiger partial charge in [-0.25, -0.2) is 0 Å². The highest BCUT2D eigenvalue weighted by Gasteiger charge is 2.42. The first-order valence-electron chi connectivity index (χ1n) is 12.2. The summed E-state index contributed by atoms with van der Waals surface area (Å²) >= 11 is 0. The Bertz CT molecular complexity index is 1190. The Labute approximate surface area is 194 Å². The summed E-state index contributed by atoms with van der Waals surface area (Å²) in [5.41, 5.74) is 9.59. The number of aliphatic imine (C=N–C) groups is 1. The summed E-state index contributed by atoms with van der Waals surface area (Å²) < 4.78 is 5.82. The summed E-state index contributed by atoms with van der Waals surface area (Å²) in [5, 5.41) is 15.6. The van der Waals surface area contributed by atoms with Crippen LogP contribution < -0.4 is 0 Å². The van der Waals surface area contributed by atoms with Crippen molar-refractivity contribution in [1.82, 2.24) is 25.6 Å². The number of tetrazole rings is 1. The molecular weight excluding hydrogens is 412 g/mol. The van der Waals surface area contributed by atoms with Gasteiger partial charge in [0.05, 0.1) is 24.4 Å². The van der Waals surface area contributed by atoms with Crippen molar-refractivity contribution in [1.29, 1.82) is 0 Å². The number of fused-ring (bicyclic) bond motifs is 2. The SMILES string of the molecule is COCC1(c2nc3c(c(-c4cccc5c4C=NC5)c2-c2nn[nH]n2)CCCCC3)CCCC1. The van der Waals surface area contributed by atoms with Gasteiger partial charge in [-0.15, -0.1) is 10.2 Å². The van der Waals surface area contributed by atoms with Gasteiger partial charge in [-0.3, -0.25) is 9.98 Å². The summed E-state index contributed by atoms with van der Waals surface area (Å²) in [7, 11) is 1.80. The van der Waals surface area contributed by atoms with E-state index in [0.29, 0.717) is 12.4 Å². The maximum Gasteiger partial charge on any atom is 0.207 e. The van der Waals surface area contributed by atoms with E-state index < -0.39 is 0 Å². The van der Waals surface area contributed by atoms with Crippen molar-refractivity contribution < 1.29 is 4.74 Å². The lowest BCUT2D eigenvalue weighted by molar-refractivity contribution is 0.129. The normalized spacial score (nSPS) is 18.8. The van der Waals surface area contributed by atoms with Gasteiger partial charge in [-0.05, 0) is 60.4 Å². The number of benzene rings is 1. The van der Waals surface area contributed by atoms with Crippen molar-refractivity contribution in [3.8, 4) is 22.5 Å². The van der Waals surface area contributed by atoms with Crippen molar-refractivity contribution in [2.45, 2.75) is 69.7 Å². The Hall–Kier alpha value is -2.93. The molecule has 3 heterocycles. The molecule has 2 aromatic heterocycles. The second kappa shape index (κ2) is 8.45. The lowest BCUT2D eigenvalue weighted by atomic mass is 9.76. The summed E-state index contributed by atoms with van der Waals surface area (Å²) in [6, 6.07) is 6.58. The fourth-order valence-corrected chi connectivity index (χ4v) is 6.22. The quantitative estimate of drug-likeness (QED) is 0.584. The number of hydrogen-bond donors (Lipinski definition) is 1. The average Bonchev–Trinajstić information content (AvgIpc) is 3.59. The van der Waals surface area contributed by atoms with Gasteiger partial charge in [0, 0.05) is 35.6 Å². The molecule has 170 valence electrons. The lowest BCUT2D eigenvalue weighted by Crippen LogP contribution is -2.31. The third kappa shape index (κ3) is 3.41. The Morgan fingerprint density at radius 1 is 1.03 bits per heavy atom. The molecule has 3 aromatic rings. The van der Waals surface area contributed by atoms with Gasteiger partial charge in [0.2, 0.25) is 5.82 Å². The minimum Gasteiger partial charge on any atom is -0.384 e. The molecule has 1 saturated carbocycles. The first-order chi connectivity index (χ1) is 16.3. The molecule has 2 aliphatic carbocycles. The fraction of sp³-hybridized carbons (Fsp3) is 0.500. The minimum atomic E-state index is -0.118. The number of aryl methyl sites for hydroxylation is 1. The van der Waals surface area contributed by atoms with Crippen LogP contribution in [0.4, 0.5) is 0 Å². The van der Waals surface area contributed by atoms with Gasteiger partial charge in [0.25, 0.3) is 0 Å². The molecule has 1 fully saturated rings. The molecule has 0 saturated heterocycles. The van der Waals surface area contributed by atoms with Crippen LogP contribution in [0.15, 0.2) is 23.2 Å². The number of methoxy groups -OCH3 is 1. The van der Waals surface area contributed by atoms with E-state index >= 15 is 0 Å². The second-order valence-electron chi connectivity index (χ2n) is 9.70. The van der Waals surface area contributed by atoms with Crippen molar-refractivity contribution in [3.63, 3.8) is 0 Å². The number of aromatic nitrogens is 5. The van der Waals surface area contributed by atoms with Crippen LogP contribution in [-0.4, -0.2) is 45.5 Å². The number of rotatable bonds is 5. The van der Waals surface area contributed by atoms with Gasteiger partial charge >= 0.3 is 0 Å². The molecule has 1 aromatic carbocycles. The van der Waals surface area contributed by atoms with Gasteiger partial charge in [0.1, 0.15) is 0 Å². The van der Waals surface area contributed by atoms with E-state index in [1.165, 1.54) is 65.6 Å². The van der Waals surface area contributed by atoms with Crippen molar-refractivity contribution in [2.24, 2.45) is 4.99 Å². The topological polar surface area (TPSA) is 88.9 Å². The zero-order chi connectivity index (χ0) is 22.3. The van der Waals surface area contributed by atoms with Crippen molar-refractivity contribution in [3.05, 3.63) is 46.3 Å². The van der Waals surface area contributed by atoms with E-state index in [-0.39, 0.29) is 5.41 Å². The number of pyridine rings is 1. The third-order valence-corrected chi connectivity index (χ3v) is 7.72. The monoisotopic (exact) mass is 442 g/mol. The van der Waals surface area contributed by atoms with Crippen molar-refractivity contribution >= 4 is 6.21 Å². The molecule has 1 aliphatic heterocycles. The Morgan fingerprint density at radius 3 is 2.73 bits per heavy atom. The minimum absolute atomic E-state index is 0.118. The first kappa shape index (κ1) is 20.7. The highest BCUT2D eigenvalue weighted by molar-refractivity contribution is 5.98. The van der Waals surface area contributed by atoms with E-state index in [4.69, 9.17) is 9.72 Å². The summed E-state index contributed by atoms with van der Waals surface area (Å²) in [6.07, 6.45) is 12.2. The van der Waals surface area contributed by atoms with E-state index in [2.05, 4.69) is 43.8 Å². The zero-order valence-electron chi connectivity index (χ0n) is 19.2. The predicted molar refractivity (Wildman–Crippen MR) is 127 cm³/mol. The molecule has 33 heavy (non-hydrogen) atoms. The molecule has 0 atom stereocenters. The molecular formula is C26H30N6O. The van der Waals surface area contributed by atoms with E-state index in [1.807, 2.05) is 6.21 Å². The highest BCUT2D eigenvalue weighted by atomic mass is 16.5. The second-order valence-corrected chi connectivity index (χ2v) is 9.70. The molecule has 0 unspecified atom stereocenters. The summed E-state index contributed by atoms with van der Waals surface area (Å²) in [6.45, 7) is 1.41. The molecule has 3 aliphatic rings. The maximum absolute atomic E-state index is 5.82. The average molecular weight is 443 g/mol. The molecule has 0 spiro atoms. The zero-order valence-corrected chi connectivity index (χ0v) is 19.2. The third-order valence-electron chi connectivity index (χ3n) is 7.72. The number of nitrogens with zero attached hydrogens (tertiary/aromatic N) is 5. The largest absolute Gasteiger partial charge is 0.384 e. The van der Waals surface area contributed by atoms with E-state index in [1.54, 1.807) is 7.11 Å². The van der Waals surface area contributed by atoms with E-state index in [0.717, 1.165) is 43.5 Å². The van der Waals surface area contributed by atoms with Crippen LogP contribution in [0.5, 0.6) is 0 Å². The number of nitrogens with one attached hydrogen (secondary N) is 1. The van der Waals surface area contributed by atoms with Crippen LogP contribution in [-0.2, 0) is 29.5 Å². The van der Waals surface area contributed by atoms with Crippen molar-refractivity contribution in [2.75, 3.05) is 13.7 Å². The highest BCUT2D eigenvalue weighted by Crippen LogP contribution is 2.49. The first-order valence-corrected chi connectivity index (χ1v) is 12.2. The molecule has 0 radical (unpaired) electrons. The van der Waals surface area contributed by atoms with Crippen LogP contribution in [0.25, 0.3) is 22.5 Å². The van der Waals surface area contributed by atoms with E-state index in [9.17, 15) is 0 Å². The molecule has 7 heteroatoms. The number of H-pyrrole nitrogens is 1. The Kier molecular flexibility index (Phi) is 5.29. The van der Waals surface area contributed by atoms with Crippen LogP contribution in [0, 0.1) is 0 Å². The van der Waals surface area contributed by atoms with Crippen LogP contribution in [0.2, 0.25) is 0 Å². The number of hydrogen-bond acceptors (Lipinski definition) is 6. The number of ether oxygens (including phenoxy) is 1. The fourth-order valence-electron chi connectivity index (χ4n) is 6.22. The standard InChI is InChI=1S/C26H30N6O/c1-33-16-26(12-5-6-13-26)24-23(25-29-31-32-30-25)22(19-9-3-2-4-11-21(19)28-24)18-10-7-8-17-14-27-15-20(17)18/h7-8,10,15H,2-6,9,11-14,16H2,1H3,(H,29,30,31,32). The van der Waals surface area contributed by atoms with Gasteiger partial charge in [-0.1, -0.05) is 37.5 Å². The molecule has 0 bridgehead atoms. The molecule has 6 rings (SSSR count). The number of aromatic amines is 1. The maximum atomic E-state index is 5.82. The summed E-state index contributed by atoms with van der Waals surface area (Å²) in [4.78, 5) is 10.0. The molecule has 0 amide bonds. The van der Waals surface area contributed by atoms with Crippen LogP contribution in [0.1, 0.15) is 73.0 Å². The lowest BCUT2D eigenvalue weighted by Gasteiger charge is -2.32. The smallest absolute Gasteiger partial charge is 0.207 e. The summed E-state index contributed by atoms with van der Waals surface area (Å²) in [5.74, 6) is 0.634. The van der Waals surface area contributed by atoms with Gasteiger partial charge in [0.15, 0.2) is 0 Å². The Balaban J connectivity index is 1.72. The van der Waals surface area contributed by atoms with Crippen LogP contribution >= 0.6 is 0 Å². The predicted octanol–water partition coefficient (Wildman–Crippen LogP) is 4.59.